The molecule has 34 heavy (non-hydrogen) atoms. The second-order valence-electron chi connectivity index (χ2n) is 8.17. The van der Waals surface area contributed by atoms with E-state index in [1.165, 1.54) is 24.3 Å². The Balaban J connectivity index is 1.37. The van der Waals surface area contributed by atoms with Gasteiger partial charge in [0, 0.05) is 37.9 Å². The number of aromatic nitrogens is 2. The molecule has 1 aliphatic heterocycles. The summed E-state index contributed by atoms with van der Waals surface area (Å²) in [5.41, 5.74) is 2.19. The van der Waals surface area contributed by atoms with E-state index in [0.717, 1.165) is 11.4 Å². The summed E-state index contributed by atoms with van der Waals surface area (Å²) >= 11 is 0. The number of aryl methyl sites for hydroxylation is 1. The van der Waals surface area contributed by atoms with Crippen LogP contribution in [-0.2, 0) is 0 Å². The van der Waals surface area contributed by atoms with Crippen molar-refractivity contribution in [2.75, 3.05) is 26.2 Å². The number of hydrogen-bond donors (Lipinski definition) is 0. The highest BCUT2D eigenvalue weighted by Gasteiger charge is 2.29. The average Bonchev–Trinajstić information content (AvgIpc) is 3.51. The zero-order valence-corrected chi connectivity index (χ0v) is 18.6. The lowest BCUT2D eigenvalue weighted by Crippen LogP contribution is -2.50. The smallest absolute Gasteiger partial charge is 0.257 e. The molecule has 0 spiro atoms. The first kappa shape index (κ1) is 21.6. The lowest BCUT2D eigenvalue weighted by Gasteiger charge is -2.34. The lowest BCUT2D eigenvalue weighted by molar-refractivity contribution is 0.0535. The molecular formula is C26H23FN4O3. The largest absolute Gasteiger partial charge is 0.460 e. The molecule has 3 heterocycles. The van der Waals surface area contributed by atoms with Crippen LogP contribution in [0.2, 0.25) is 0 Å². The minimum atomic E-state index is -0.384. The Bertz CT molecular complexity index is 1320. The van der Waals surface area contributed by atoms with Crippen molar-refractivity contribution in [3.8, 4) is 17.1 Å². The van der Waals surface area contributed by atoms with E-state index < -0.39 is 0 Å². The number of para-hydroxylation sites is 1. The molecule has 2 aromatic heterocycles. The van der Waals surface area contributed by atoms with Crippen LogP contribution in [0.25, 0.3) is 17.1 Å². The van der Waals surface area contributed by atoms with E-state index in [9.17, 15) is 14.0 Å². The third-order valence-electron chi connectivity index (χ3n) is 5.88. The molecule has 0 saturated carbocycles. The van der Waals surface area contributed by atoms with Crippen molar-refractivity contribution in [3.63, 3.8) is 0 Å². The Morgan fingerprint density at radius 3 is 2.12 bits per heavy atom. The molecular weight excluding hydrogens is 435 g/mol. The van der Waals surface area contributed by atoms with Gasteiger partial charge < -0.3 is 14.2 Å². The summed E-state index contributed by atoms with van der Waals surface area (Å²) in [6.07, 6.45) is 1.72. The van der Waals surface area contributed by atoms with Gasteiger partial charge in [-0.2, -0.15) is 5.10 Å². The normalized spacial score (nSPS) is 13.8. The molecule has 5 rings (SSSR count). The van der Waals surface area contributed by atoms with E-state index in [1.807, 2.05) is 49.4 Å². The Morgan fingerprint density at radius 1 is 0.853 bits per heavy atom. The number of rotatable bonds is 4. The molecule has 0 radical (unpaired) electrons. The fourth-order valence-electron chi connectivity index (χ4n) is 4.05. The van der Waals surface area contributed by atoms with Crippen LogP contribution in [0.5, 0.6) is 0 Å². The number of amides is 2. The molecule has 8 heteroatoms. The average molecular weight is 458 g/mol. The summed E-state index contributed by atoms with van der Waals surface area (Å²) in [7, 11) is 0. The predicted molar refractivity (Wildman–Crippen MR) is 124 cm³/mol. The molecule has 0 bridgehead atoms. The second kappa shape index (κ2) is 8.97. The van der Waals surface area contributed by atoms with E-state index in [4.69, 9.17) is 4.42 Å². The molecule has 0 unspecified atom stereocenters. The van der Waals surface area contributed by atoms with E-state index in [2.05, 4.69) is 5.10 Å². The molecule has 2 amide bonds. The van der Waals surface area contributed by atoms with Gasteiger partial charge in [0.05, 0.1) is 11.3 Å². The Morgan fingerprint density at radius 2 is 1.50 bits per heavy atom. The number of carbonyl (C=O) groups is 2. The van der Waals surface area contributed by atoms with Crippen LogP contribution in [-0.4, -0.2) is 57.6 Å². The van der Waals surface area contributed by atoms with Crippen molar-refractivity contribution in [2.24, 2.45) is 0 Å². The summed E-state index contributed by atoms with van der Waals surface area (Å²) in [6, 6.07) is 18.7. The number of benzene rings is 2. The maximum Gasteiger partial charge on any atom is 0.257 e. The van der Waals surface area contributed by atoms with Crippen molar-refractivity contribution in [3.05, 3.63) is 95.6 Å². The van der Waals surface area contributed by atoms with Crippen LogP contribution in [0.1, 0.15) is 26.5 Å². The third kappa shape index (κ3) is 4.22. The standard InChI is InChI=1S/C26H23FN4O3/c1-18-7-12-23(34-18)24-22(17-31(28-24)21-5-3-2-4-6-21)26(33)30-15-13-29(14-16-30)25(32)19-8-10-20(27)11-9-19/h2-12,17H,13-16H2,1H3. The van der Waals surface area contributed by atoms with E-state index in [-0.39, 0.29) is 17.6 Å². The highest BCUT2D eigenvalue weighted by Crippen LogP contribution is 2.27. The fraction of sp³-hybridized carbons (Fsp3) is 0.192. The van der Waals surface area contributed by atoms with Crippen molar-refractivity contribution >= 4 is 11.8 Å². The minimum Gasteiger partial charge on any atom is -0.460 e. The van der Waals surface area contributed by atoms with Crippen LogP contribution in [0, 0.1) is 12.7 Å². The molecule has 2 aromatic carbocycles. The van der Waals surface area contributed by atoms with E-state index in [1.54, 1.807) is 20.7 Å². The topological polar surface area (TPSA) is 71.6 Å². The van der Waals surface area contributed by atoms with Crippen LogP contribution in [0.4, 0.5) is 4.39 Å². The summed E-state index contributed by atoms with van der Waals surface area (Å²) in [6.45, 7) is 3.41. The minimum absolute atomic E-state index is 0.167. The van der Waals surface area contributed by atoms with Crippen LogP contribution >= 0.6 is 0 Å². The first-order valence-corrected chi connectivity index (χ1v) is 11.1. The SMILES string of the molecule is Cc1ccc(-c2nn(-c3ccccc3)cc2C(=O)N2CCN(C(=O)c3ccc(F)cc3)CC2)o1. The van der Waals surface area contributed by atoms with Crippen molar-refractivity contribution < 1.29 is 18.4 Å². The Hall–Kier alpha value is -4.20. The maximum absolute atomic E-state index is 13.5. The van der Waals surface area contributed by atoms with Gasteiger partial charge in [-0.25, -0.2) is 9.07 Å². The van der Waals surface area contributed by atoms with Crippen LogP contribution in [0.15, 0.2) is 77.3 Å². The van der Waals surface area contributed by atoms with Gasteiger partial charge in [0.25, 0.3) is 11.8 Å². The zero-order valence-electron chi connectivity index (χ0n) is 18.6. The molecule has 1 aliphatic rings. The van der Waals surface area contributed by atoms with E-state index >= 15 is 0 Å². The fourth-order valence-corrected chi connectivity index (χ4v) is 4.05. The van der Waals surface area contributed by atoms with Gasteiger partial charge in [-0.3, -0.25) is 9.59 Å². The number of carbonyl (C=O) groups excluding carboxylic acids is 2. The van der Waals surface area contributed by atoms with Gasteiger partial charge in [-0.15, -0.1) is 0 Å². The van der Waals surface area contributed by atoms with Gasteiger partial charge in [0.15, 0.2) is 5.76 Å². The maximum atomic E-state index is 13.5. The molecule has 0 aliphatic carbocycles. The molecule has 1 fully saturated rings. The number of hydrogen-bond acceptors (Lipinski definition) is 4. The highest BCUT2D eigenvalue weighted by atomic mass is 19.1. The zero-order chi connectivity index (χ0) is 23.7. The van der Waals surface area contributed by atoms with Crippen LogP contribution in [0.3, 0.4) is 0 Å². The van der Waals surface area contributed by atoms with Gasteiger partial charge in [-0.1, -0.05) is 18.2 Å². The molecule has 1 saturated heterocycles. The van der Waals surface area contributed by atoms with Crippen molar-refractivity contribution in [2.45, 2.75) is 6.92 Å². The first-order chi connectivity index (χ1) is 16.5. The third-order valence-corrected chi connectivity index (χ3v) is 5.88. The van der Waals surface area contributed by atoms with Gasteiger partial charge >= 0.3 is 0 Å². The molecule has 7 nitrogen and oxygen atoms in total. The highest BCUT2D eigenvalue weighted by molar-refractivity contribution is 6.00. The number of piperazine rings is 1. The van der Waals surface area contributed by atoms with Gasteiger partial charge in [0.2, 0.25) is 0 Å². The van der Waals surface area contributed by atoms with Gasteiger partial charge in [-0.05, 0) is 55.5 Å². The monoisotopic (exact) mass is 458 g/mol. The predicted octanol–water partition coefficient (Wildman–Crippen LogP) is 4.18. The van der Waals surface area contributed by atoms with Crippen LogP contribution < -0.4 is 0 Å². The lowest BCUT2D eigenvalue weighted by atomic mass is 10.1. The van der Waals surface area contributed by atoms with Crippen molar-refractivity contribution in [1.29, 1.82) is 0 Å². The first-order valence-electron chi connectivity index (χ1n) is 11.1. The summed E-state index contributed by atoms with van der Waals surface area (Å²) in [4.78, 5) is 29.7. The van der Waals surface area contributed by atoms with Gasteiger partial charge in [0.1, 0.15) is 17.3 Å². The van der Waals surface area contributed by atoms with E-state index in [0.29, 0.717) is 48.8 Å². The molecule has 0 atom stereocenters. The number of furan rings is 1. The quantitative estimate of drug-likeness (QED) is 0.460. The number of halogens is 1. The van der Waals surface area contributed by atoms with Crippen molar-refractivity contribution in [1.82, 2.24) is 19.6 Å². The molecule has 0 N–H and O–H groups in total. The summed E-state index contributed by atoms with van der Waals surface area (Å²) in [5, 5.41) is 4.65. The Labute approximate surface area is 196 Å². The summed E-state index contributed by atoms with van der Waals surface area (Å²) in [5.74, 6) is 0.540. The Kier molecular flexibility index (Phi) is 5.71. The number of nitrogens with zero attached hydrogens (tertiary/aromatic N) is 4. The summed E-state index contributed by atoms with van der Waals surface area (Å²) < 4.78 is 20.6. The molecule has 172 valence electrons. The molecule has 4 aromatic rings. The second-order valence-corrected chi connectivity index (χ2v) is 8.17.